The molecule has 0 saturated heterocycles. The summed E-state index contributed by atoms with van der Waals surface area (Å²) in [6, 6.07) is 0. The molecule has 0 aromatic heterocycles. The molecule has 0 aliphatic heterocycles. The number of halogens is 3. The van der Waals surface area contributed by atoms with Gasteiger partial charge in [0.25, 0.3) is 0 Å². The Morgan fingerprint density at radius 1 is 1.04 bits per heavy atom. The number of carbonyl (C=O) groups excluding carboxylic acids is 2. The summed E-state index contributed by atoms with van der Waals surface area (Å²) in [6.45, 7) is 8.90. The van der Waals surface area contributed by atoms with Crippen molar-refractivity contribution in [2.45, 2.75) is 58.5 Å². The summed E-state index contributed by atoms with van der Waals surface area (Å²) in [5.41, 5.74) is -0.0470. The molecule has 0 aromatic carbocycles. The zero-order chi connectivity index (χ0) is 19.0. The lowest BCUT2D eigenvalue weighted by Crippen LogP contribution is -2.20. The summed E-state index contributed by atoms with van der Waals surface area (Å²) in [5, 5.41) is 0. The van der Waals surface area contributed by atoms with Gasteiger partial charge in [0.15, 0.2) is 6.61 Å². The summed E-state index contributed by atoms with van der Waals surface area (Å²) >= 11 is 0. The van der Waals surface area contributed by atoms with Crippen LogP contribution < -0.4 is 0 Å². The van der Waals surface area contributed by atoms with E-state index < -0.39 is 18.8 Å². The maximum absolute atomic E-state index is 11.4. The first kappa shape index (κ1) is 24.5. The lowest BCUT2D eigenvalue weighted by atomic mass is 10.1. The third-order valence-corrected chi connectivity index (χ3v) is 2.62. The maximum atomic E-state index is 11.4. The van der Waals surface area contributed by atoms with Gasteiger partial charge in [-0.1, -0.05) is 52.2 Å². The van der Waals surface area contributed by atoms with Gasteiger partial charge in [-0.25, -0.2) is 9.59 Å². The van der Waals surface area contributed by atoms with Crippen molar-refractivity contribution in [1.82, 2.24) is 0 Å². The van der Waals surface area contributed by atoms with Gasteiger partial charge in [-0.2, -0.15) is 13.2 Å². The summed E-state index contributed by atoms with van der Waals surface area (Å²) < 4.78 is 42.8. The number of carbonyl (C=O) groups is 2. The fraction of sp³-hybridized carbons (Fsp3) is 0.647. The van der Waals surface area contributed by atoms with E-state index in [-0.39, 0.29) is 11.5 Å². The Balaban J connectivity index is 0. The highest BCUT2D eigenvalue weighted by Crippen LogP contribution is 2.14. The zero-order valence-corrected chi connectivity index (χ0v) is 14.4. The number of rotatable bonds is 10. The average molecular weight is 352 g/mol. The Kier molecular flexibility index (Phi) is 15.1. The third-order valence-electron chi connectivity index (χ3n) is 2.62. The first-order chi connectivity index (χ1) is 11.1. The van der Waals surface area contributed by atoms with E-state index in [1.165, 1.54) is 38.7 Å². The molecule has 0 bridgehead atoms. The van der Waals surface area contributed by atoms with Crippen molar-refractivity contribution in [3.8, 4) is 0 Å². The predicted octanol–water partition coefficient (Wildman–Crippen LogP) is 4.74. The number of alkyl halides is 3. The molecule has 0 aliphatic rings. The fourth-order valence-electron chi connectivity index (χ4n) is 1.38. The summed E-state index contributed by atoms with van der Waals surface area (Å²) in [5.74, 6) is -1.34. The van der Waals surface area contributed by atoms with Crippen LogP contribution in [-0.4, -0.2) is 31.3 Å². The van der Waals surface area contributed by atoms with Crippen LogP contribution in [0.5, 0.6) is 0 Å². The Morgan fingerprint density at radius 2 is 1.58 bits per heavy atom. The molecule has 24 heavy (non-hydrogen) atoms. The van der Waals surface area contributed by atoms with E-state index in [2.05, 4.69) is 24.8 Å². The Morgan fingerprint density at radius 3 is 2.04 bits per heavy atom. The van der Waals surface area contributed by atoms with E-state index in [0.29, 0.717) is 6.61 Å². The van der Waals surface area contributed by atoms with Gasteiger partial charge in [0.1, 0.15) is 0 Å². The van der Waals surface area contributed by atoms with E-state index in [1.54, 1.807) is 0 Å². The van der Waals surface area contributed by atoms with Crippen LogP contribution in [0.3, 0.4) is 0 Å². The summed E-state index contributed by atoms with van der Waals surface area (Å²) in [4.78, 5) is 21.0. The molecule has 4 nitrogen and oxygen atoms in total. The van der Waals surface area contributed by atoms with E-state index in [9.17, 15) is 22.8 Å². The molecule has 0 atom stereocenters. The lowest BCUT2D eigenvalue weighted by molar-refractivity contribution is -0.183. The van der Waals surface area contributed by atoms with Gasteiger partial charge in [-0.15, -0.1) is 0 Å². The topological polar surface area (TPSA) is 52.6 Å². The first-order valence-electron chi connectivity index (χ1n) is 7.82. The molecule has 0 saturated carbocycles. The molecule has 0 aliphatic carbocycles. The van der Waals surface area contributed by atoms with Gasteiger partial charge in [-0.05, 0) is 13.3 Å². The molecule has 0 spiro atoms. The first-order valence-corrected chi connectivity index (χ1v) is 7.82. The van der Waals surface area contributed by atoms with E-state index in [0.717, 1.165) is 12.8 Å². The Labute approximate surface area is 141 Å². The van der Waals surface area contributed by atoms with Gasteiger partial charge >= 0.3 is 18.1 Å². The van der Waals surface area contributed by atoms with Gasteiger partial charge in [-0.3, -0.25) is 0 Å². The monoisotopic (exact) mass is 352 g/mol. The molecular formula is C17H27F3O4. The van der Waals surface area contributed by atoms with E-state index in [1.807, 2.05) is 0 Å². The SMILES string of the molecule is C=C(C)C(=O)OCC(F)(F)F.C=CC(=O)OCCCCCCCC. The number of esters is 2. The lowest BCUT2D eigenvalue weighted by Gasteiger charge is -2.06. The summed E-state index contributed by atoms with van der Waals surface area (Å²) in [6.07, 6.45) is 4.00. The predicted molar refractivity (Wildman–Crippen MR) is 86.4 cm³/mol. The largest absolute Gasteiger partial charge is 0.463 e. The number of hydrogen-bond donors (Lipinski definition) is 0. The van der Waals surface area contributed by atoms with Crippen molar-refractivity contribution >= 4 is 11.9 Å². The highest BCUT2D eigenvalue weighted by atomic mass is 19.4. The maximum Gasteiger partial charge on any atom is 0.422 e. The van der Waals surface area contributed by atoms with Crippen LogP contribution in [0.25, 0.3) is 0 Å². The second kappa shape index (κ2) is 14.8. The number of ether oxygens (including phenoxy) is 2. The van der Waals surface area contributed by atoms with Crippen molar-refractivity contribution in [1.29, 1.82) is 0 Å². The third kappa shape index (κ3) is 20.2. The zero-order valence-electron chi connectivity index (χ0n) is 14.4. The van der Waals surface area contributed by atoms with Crippen molar-refractivity contribution in [2.24, 2.45) is 0 Å². The minimum Gasteiger partial charge on any atom is -0.463 e. The molecule has 140 valence electrons. The molecule has 0 aromatic rings. The number of hydrogen-bond acceptors (Lipinski definition) is 4. The minimum absolute atomic E-state index is 0.0470. The minimum atomic E-state index is -4.47. The molecule has 0 fully saturated rings. The van der Waals surface area contributed by atoms with Crippen LogP contribution in [0.15, 0.2) is 24.8 Å². The summed E-state index contributed by atoms with van der Waals surface area (Å²) in [7, 11) is 0. The van der Waals surface area contributed by atoms with Gasteiger partial charge in [0.2, 0.25) is 0 Å². The van der Waals surface area contributed by atoms with Crippen molar-refractivity contribution < 1.29 is 32.2 Å². The molecule has 0 amide bonds. The second-order valence-corrected chi connectivity index (χ2v) is 5.11. The van der Waals surface area contributed by atoms with Crippen LogP contribution in [0, 0.1) is 0 Å². The molecule has 0 heterocycles. The molecule has 7 heteroatoms. The molecule has 0 unspecified atom stereocenters. The van der Waals surface area contributed by atoms with Crippen LogP contribution in [0.2, 0.25) is 0 Å². The normalized spacial score (nSPS) is 10.2. The van der Waals surface area contributed by atoms with Gasteiger partial charge in [0.05, 0.1) is 6.61 Å². The van der Waals surface area contributed by atoms with Crippen LogP contribution in [0.4, 0.5) is 13.2 Å². The van der Waals surface area contributed by atoms with Crippen LogP contribution >= 0.6 is 0 Å². The molecule has 0 rings (SSSR count). The van der Waals surface area contributed by atoms with Crippen LogP contribution in [-0.2, 0) is 19.1 Å². The highest BCUT2D eigenvalue weighted by molar-refractivity contribution is 5.86. The second-order valence-electron chi connectivity index (χ2n) is 5.11. The van der Waals surface area contributed by atoms with Crippen molar-refractivity contribution in [3.05, 3.63) is 24.8 Å². The van der Waals surface area contributed by atoms with Crippen LogP contribution in [0.1, 0.15) is 52.4 Å². The van der Waals surface area contributed by atoms with Gasteiger partial charge in [0, 0.05) is 11.6 Å². The van der Waals surface area contributed by atoms with Crippen molar-refractivity contribution in [2.75, 3.05) is 13.2 Å². The van der Waals surface area contributed by atoms with Gasteiger partial charge < -0.3 is 9.47 Å². The molecule has 0 N–H and O–H groups in total. The molecular weight excluding hydrogens is 325 g/mol. The quantitative estimate of drug-likeness (QED) is 0.324. The standard InChI is InChI=1S/C11H20O2.C6H7F3O2/c1-3-5-6-7-8-9-10-13-11(12)4-2;1-4(2)5(10)11-3-6(7,8)9/h4H,2-3,5-10H2,1H3;1,3H2,2H3. The fourth-order valence-corrected chi connectivity index (χ4v) is 1.38. The van der Waals surface area contributed by atoms with E-state index >= 15 is 0 Å². The highest BCUT2D eigenvalue weighted by Gasteiger charge is 2.29. The smallest absolute Gasteiger partial charge is 0.422 e. The van der Waals surface area contributed by atoms with Crippen molar-refractivity contribution in [3.63, 3.8) is 0 Å². The average Bonchev–Trinajstić information content (AvgIpc) is 2.51. The Hall–Kier alpha value is -1.79. The van der Waals surface area contributed by atoms with E-state index in [4.69, 9.17) is 4.74 Å². The number of unbranched alkanes of at least 4 members (excludes halogenated alkanes) is 5. The Bertz CT molecular complexity index is 390. The molecule has 0 radical (unpaired) electrons.